The summed E-state index contributed by atoms with van der Waals surface area (Å²) in [4.78, 5) is 17.4. The lowest BCUT2D eigenvalue weighted by atomic mass is 9.96. The van der Waals surface area contributed by atoms with E-state index >= 15 is 0 Å². The summed E-state index contributed by atoms with van der Waals surface area (Å²) >= 11 is 0. The zero-order valence-electron chi connectivity index (χ0n) is 16.0. The fourth-order valence-corrected chi connectivity index (χ4v) is 3.00. The fraction of sp³-hybridized carbons (Fsp3) is 0.238. The first-order chi connectivity index (χ1) is 13.4. The molecule has 0 aliphatic heterocycles. The molecule has 0 saturated carbocycles. The van der Waals surface area contributed by atoms with Crippen LogP contribution in [0.1, 0.15) is 43.0 Å². The van der Waals surface area contributed by atoms with Gasteiger partial charge in [0.25, 0.3) is 5.91 Å². The Labute approximate surface area is 162 Å². The van der Waals surface area contributed by atoms with Gasteiger partial charge in [-0.2, -0.15) is 0 Å². The number of nitrogens with zero attached hydrogens (tertiary/aromatic N) is 4. The van der Waals surface area contributed by atoms with E-state index in [1.165, 1.54) is 0 Å². The smallest absolute Gasteiger partial charge is 0.272 e. The minimum atomic E-state index is -0.279. The Kier molecular flexibility index (Phi) is 4.43. The van der Waals surface area contributed by atoms with E-state index in [-0.39, 0.29) is 17.9 Å². The van der Waals surface area contributed by atoms with Crippen LogP contribution < -0.4 is 5.32 Å². The molecule has 0 saturated heterocycles. The second-order valence-corrected chi connectivity index (χ2v) is 7.54. The third kappa shape index (κ3) is 3.38. The SMILES string of the molecule is CC(C)(C)c1nc(C(=O)NCc2nnc(-c3ccccc3)o2)c2ccccn12. The molecule has 0 atom stereocenters. The lowest BCUT2D eigenvalue weighted by Gasteiger charge is -2.16. The highest BCUT2D eigenvalue weighted by Crippen LogP contribution is 2.24. The van der Waals surface area contributed by atoms with Crippen molar-refractivity contribution in [3.63, 3.8) is 0 Å². The highest BCUT2D eigenvalue weighted by molar-refractivity contribution is 5.99. The predicted octanol–water partition coefficient (Wildman–Crippen LogP) is 3.61. The molecule has 0 aliphatic rings. The van der Waals surface area contributed by atoms with Crippen molar-refractivity contribution in [1.29, 1.82) is 0 Å². The maximum atomic E-state index is 12.8. The van der Waals surface area contributed by atoms with Gasteiger partial charge in [0.15, 0.2) is 5.69 Å². The number of hydrogen-bond donors (Lipinski definition) is 1. The molecular weight excluding hydrogens is 354 g/mol. The number of hydrogen-bond acceptors (Lipinski definition) is 5. The molecule has 1 amide bonds. The van der Waals surface area contributed by atoms with E-state index in [2.05, 4.69) is 41.3 Å². The molecule has 0 unspecified atom stereocenters. The van der Waals surface area contributed by atoms with E-state index in [1.54, 1.807) is 0 Å². The summed E-state index contributed by atoms with van der Waals surface area (Å²) in [5, 5.41) is 10.9. The van der Waals surface area contributed by atoms with Crippen molar-refractivity contribution in [3.8, 4) is 11.5 Å². The Hall–Kier alpha value is -3.48. The first-order valence-corrected chi connectivity index (χ1v) is 9.07. The van der Waals surface area contributed by atoms with Gasteiger partial charge in [-0.25, -0.2) is 4.98 Å². The fourth-order valence-electron chi connectivity index (χ4n) is 3.00. The maximum absolute atomic E-state index is 12.8. The quantitative estimate of drug-likeness (QED) is 0.589. The molecule has 1 aromatic carbocycles. The summed E-state index contributed by atoms with van der Waals surface area (Å²) in [6, 6.07) is 15.2. The van der Waals surface area contributed by atoms with Crippen molar-refractivity contribution in [2.45, 2.75) is 32.7 Å². The van der Waals surface area contributed by atoms with Gasteiger partial charge < -0.3 is 14.1 Å². The molecule has 0 bridgehead atoms. The van der Waals surface area contributed by atoms with Gasteiger partial charge in [0.05, 0.1) is 12.1 Å². The number of fused-ring (bicyclic) bond motifs is 1. The van der Waals surface area contributed by atoms with Gasteiger partial charge in [-0.05, 0) is 24.3 Å². The topological polar surface area (TPSA) is 85.3 Å². The molecule has 0 aliphatic carbocycles. The number of rotatable bonds is 4. The normalized spacial score (nSPS) is 11.7. The third-order valence-electron chi connectivity index (χ3n) is 4.32. The van der Waals surface area contributed by atoms with Gasteiger partial charge in [-0.1, -0.05) is 45.0 Å². The molecule has 28 heavy (non-hydrogen) atoms. The van der Waals surface area contributed by atoms with Crippen LogP contribution in [-0.2, 0) is 12.0 Å². The van der Waals surface area contributed by atoms with Crippen LogP contribution in [0, 0.1) is 0 Å². The number of pyridine rings is 1. The van der Waals surface area contributed by atoms with E-state index in [9.17, 15) is 4.79 Å². The molecule has 1 N–H and O–H groups in total. The van der Waals surface area contributed by atoms with Crippen molar-refractivity contribution >= 4 is 11.4 Å². The summed E-state index contributed by atoms with van der Waals surface area (Å²) in [6.07, 6.45) is 1.92. The second-order valence-electron chi connectivity index (χ2n) is 7.54. The van der Waals surface area contributed by atoms with Crippen LogP contribution in [0.2, 0.25) is 0 Å². The number of carbonyl (C=O) groups is 1. The third-order valence-corrected chi connectivity index (χ3v) is 4.32. The number of benzene rings is 1. The molecule has 4 aromatic rings. The van der Waals surface area contributed by atoms with Crippen LogP contribution in [0.15, 0.2) is 59.1 Å². The van der Waals surface area contributed by atoms with Crippen molar-refractivity contribution in [2.75, 3.05) is 0 Å². The van der Waals surface area contributed by atoms with Gasteiger partial charge in [0.2, 0.25) is 11.8 Å². The number of imidazole rings is 1. The minimum absolute atomic E-state index is 0.134. The first-order valence-electron chi connectivity index (χ1n) is 9.07. The summed E-state index contributed by atoms with van der Waals surface area (Å²) in [5.74, 6) is 1.31. The minimum Gasteiger partial charge on any atom is -0.419 e. The zero-order valence-corrected chi connectivity index (χ0v) is 16.0. The summed E-state index contributed by atoms with van der Waals surface area (Å²) < 4.78 is 7.59. The zero-order chi connectivity index (χ0) is 19.7. The first kappa shape index (κ1) is 17.9. The van der Waals surface area contributed by atoms with Crippen molar-refractivity contribution in [2.24, 2.45) is 0 Å². The van der Waals surface area contributed by atoms with Gasteiger partial charge >= 0.3 is 0 Å². The number of nitrogens with one attached hydrogen (secondary N) is 1. The summed E-state index contributed by atoms with van der Waals surface area (Å²) in [7, 11) is 0. The molecule has 142 valence electrons. The number of amides is 1. The molecule has 0 fully saturated rings. The van der Waals surface area contributed by atoms with Gasteiger partial charge in [-0.15, -0.1) is 10.2 Å². The molecule has 0 spiro atoms. The average Bonchev–Trinajstić information content (AvgIpc) is 3.31. The number of aromatic nitrogens is 4. The Morgan fingerprint density at radius 3 is 2.57 bits per heavy atom. The van der Waals surface area contributed by atoms with E-state index in [0.717, 1.165) is 16.9 Å². The van der Waals surface area contributed by atoms with E-state index < -0.39 is 0 Å². The summed E-state index contributed by atoms with van der Waals surface area (Å²) in [5.41, 5.74) is 1.79. The highest BCUT2D eigenvalue weighted by Gasteiger charge is 2.25. The van der Waals surface area contributed by atoms with Crippen molar-refractivity contribution in [1.82, 2.24) is 24.9 Å². The average molecular weight is 375 g/mol. The Balaban J connectivity index is 1.54. The van der Waals surface area contributed by atoms with Crippen LogP contribution in [-0.4, -0.2) is 25.5 Å². The molecule has 7 heteroatoms. The maximum Gasteiger partial charge on any atom is 0.272 e. The van der Waals surface area contributed by atoms with Gasteiger partial charge in [0.1, 0.15) is 5.82 Å². The van der Waals surface area contributed by atoms with E-state index in [4.69, 9.17) is 4.42 Å². The van der Waals surface area contributed by atoms with Gasteiger partial charge in [0, 0.05) is 17.2 Å². The molecule has 3 aromatic heterocycles. The Morgan fingerprint density at radius 1 is 1.07 bits per heavy atom. The van der Waals surface area contributed by atoms with Crippen molar-refractivity contribution < 1.29 is 9.21 Å². The largest absolute Gasteiger partial charge is 0.419 e. The van der Waals surface area contributed by atoms with E-state index in [0.29, 0.717) is 17.5 Å². The molecule has 3 heterocycles. The van der Waals surface area contributed by atoms with Crippen molar-refractivity contribution in [3.05, 3.63) is 72.1 Å². The number of carbonyl (C=O) groups excluding carboxylic acids is 1. The van der Waals surface area contributed by atoms with Crippen LogP contribution in [0.25, 0.3) is 17.0 Å². The monoisotopic (exact) mass is 375 g/mol. The predicted molar refractivity (Wildman–Crippen MR) is 105 cm³/mol. The Morgan fingerprint density at radius 2 is 1.82 bits per heavy atom. The Bertz CT molecular complexity index is 1120. The van der Waals surface area contributed by atoms with Crippen LogP contribution >= 0.6 is 0 Å². The molecule has 0 radical (unpaired) electrons. The standard InChI is InChI=1S/C21H21N5O2/c1-21(2,3)20-23-17(15-11-7-8-12-26(15)20)18(27)22-13-16-24-25-19(28-16)14-9-5-4-6-10-14/h4-12H,13H2,1-3H3,(H,22,27). The lowest BCUT2D eigenvalue weighted by molar-refractivity contribution is 0.0944. The summed E-state index contributed by atoms with van der Waals surface area (Å²) in [6.45, 7) is 6.34. The lowest BCUT2D eigenvalue weighted by Crippen LogP contribution is -2.24. The van der Waals surface area contributed by atoms with Crippen LogP contribution in [0.5, 0.6) is 0 Å². The molecule has 7 nitrogen and oxygen atoms in total. The van der Waals surface area contributed by atoms with E-state index in [1.807, 2.05) is 59.1 Å². The van der Waals surface area contributed by atoms with Gasteiger partial charge in [-0.3, -0.25) is 4.79 Å². The molecule has 4 rings (SSSR count). The van der Waals surface area contributed by atoms with Crippen LogP contribution in [0.3, 0.4) is 0 Å². The van der Waals surface area contributed by atoms with Crippen LogP contribution in [0.4, 0.5) is 0 Å². The highest BCUT2D eigenvalue weighted by atomic mass is 16.4. The second kappa shape index (κ2) is 6.92. The molecular formula is C21H21N5O2.